The summed E-state index contributed by atoms with van der Waals surface area (Å²) in [5.74, 6) is 0. The smallest absolute Gasteiger partial charge is 0.143 e. The first-order valence-corrected chi connectivity index (χ1v) is 4.59. The third kappa shape index (κ3) is 1.15. The van der Waals surface area contributed by atoms with E-state index < -0.39 is 18.3 Å². The Morgan fingerprint density at radius 2 is 1.83 bits per heavy atom. The molecule has 0 amide bonds. The van der Waals surface area contributed by atoms with Gasteiger partial charge in [0.1, 0.15) is 30.9 Å². The van der Waals surface area contributed by atoms with E-state index in [0.29, 0.717) is 6.54 Å². The maximum Gasteiger partial charge on any atom is 0.143 e. The lowest BCUT2D eigenvalue weighted by atomic mass is 9.97. The molecular formula is C8H16NO3+. The number of hydrogen-bond acceptors (Lipinski definition) is 3. The second-order valence-electron chi connectivity index (χ2n) is 3.91. The highest BCUT2D eigenvalue weighted by atomic mass is 16.3. The van der Waals surface area contributed by atoms with Crippen LogP contribution >= 0.6 is 0 Å². The van der Waals surface area contributed by atoms with Crippen molar-refractivity contribution in [2.45, 2.75) is 37.2 Å². The van der Waals surface area contributed by atoms with Gasteiger partial charge in [0, 0.05) is 0 Å². The maximum atomic E-state index is 9.58. The van der Waals surface area contributed by atoms with E-state index in [-0.39, 0.29) is 6.04 Å². The summed E-state index contributed by atoms with van der Waals surface area (Å²) >= 11 is 0. The van der Waals surface area contributed by atoms with Gasteiger partial charge in [0.25, 0.3) is 0 Å². The number of quaternary nitrogens is 1. The van der Waals surface area contributed by atoms with Crippen molar-refractivity contribution in [3.63, 3.8) is 0 Å². The topological polar surface area (TPSA) is 65.1 Å². The van der Waals surface area contributed by atoms with Crippen molar-refractivity contribution in [3.05, 3.63) is 0 Å². The summed E-state index contributed by atoms with van der Waals surface area (Å²) in [6.07, 6.45) is -0.0429. The molecule has 4 N–H and O–H groups in total. The van der Waals surface area contributed by atoms with Gasteiger partial charge in [-0.3, -0.25) is 0 Å². The van der Waals surface area contributed by atoms with Gasteiger partial charge in [-0.05, 0) is 12.8 Å². The third-order valence-corrected chi connectivity index (χ3v) is 3.12. The molecule has 0 spiro atoms. The van der Waals surface area contributed by atoms with Crippen molar-refractivity contribution < 1.29 is 20.2 Å². The molecule has 2 heterocycles. The molecule has 0 saturated carbocycles. The fourth-order valence-electron chi connectivity index (χ4n) is 2.49. The fraction of sp³-hybridized carbons (Fsp3) is 1.00. The predicted molar refractivity (Wildman–Crippen MR) is 41.7 cm³/mol. The zero-order valence-corrected chi connectivity index (χ0v) is 6.98. The first-order chi connectivity index (χ1) is 5.70. The molecule has 2 aliphatic heterocycles. The van der Waals surface area contributed by atoms with Crippen LogP contribution in [0.3, 0.4) is 0 Å². The quantitative estimate of drug-likeness (QED) is 0.319. The second kappa shape index (κ2) is 2.96. The molecule has 4 nitrogen and oxygen atoms in total. The van der Waals surface area contributed by atoms with Gasteiger partial charge < -0.3 is 20.2 Å². The first-order valence-electron chi connectivity index (χ1n) is 4.59. The van der Waals surface area contributed by atoms with Gasteiger partial charge in [0.2, 0.25) is 0 Å². The van der Waals surface area contributed by atoms with E-state index in [1.54, 1.807) is 0 Å². The number of fused-ring (bicyclic) bond motifs is 1. The minimum absolute atomic E-state index is 0.145. The van der Waals surface area contributed by atoms with Crippen molar-refractivity contribution in [1.82, 2.24) is 0 Å². The van der Waals surface area contributed by atoms with Crippen LogP contribution in [0.15, 0.2) is 0 Å². The zero-order valence-electron chi connectivity index (χ0n) is 6.98. The van der Waals surface area contributed by atoms with Crippen LogP contribution in [0.5, 0.6) is 0 Å². The van der Waals surface area contributed by atoms with E-state index in [1.165, 1.54) is 0 Å². The van der Waals surface area contributed by atoms with Crippen LogP contribution in [-0.4, -0.2) is 52.8 Å². The molecule has 4 heteroatoms. The molecule has 12 heavy (non-hydrogen) atoms. The minimum Gasteiger partial charge on any atom is -0.387 e. The monoisotopic (exact) mass is 174 g/mol. The molecule has 2 saturated heterocycles. The standard InChI is InChI=1S/C8H15NO3/c10-5-2-1-3-9-4-6(11)8(12)7(5)9/h5-8,10-12H,1-4H2/p+1. The average Bonchev–Trinajstić information content (AvgIpc) is 2.29. The van der Waals surface area contributed by atoms with E-state index in [0.717, 1.165) is 24.3 Å². The van der Waals surface area contributed by atoms with Gasteiger partial charge in [-0.1, -0.05) is 0 Å². The number of piperidine rings is 1. The third-order valence-electron chi connectivity index (χ3n) is 3.12. The SMILES string of the molecule is OC1C[NH+]2CCCC(O)C2C1O. The zero-order chi connectivity index (χ0) is 8.72. The Morgan fingerprint density at radius 1 is 1.08 bits per heavy atom. The van der Waals surface area contributed by atoms with Crippen LogP contribution in [-0.2, 0) is 0 Å². The van der Waals surface area contributed by atoms with E-state index in [1.807, 2.05) is 0 Å². The van der Waals surface area contributed by atoms with Crippen LogP contribution in [0.2, 0.25) is 0 Å². The molecule has 0 aromatic rings. The van der Waals surface area contributed by atoms with E-state index in [2.05, 4.69) is 0 Å². The highest BCUT2D eigenvalue weighted by Gasteiger charge is 2.49. The van der Waals surface area contributed by atoms with Crippen molar-refractivity contribution in [1.29, 1.82) is 0 Å². The van der Waals surface area contributed by atoms with Crippen LogP contribution in [0.25, 0.3) is 0 Å². The molecule has 5 unspecified atom stereocenters. The molecular weight excluding hydrogens is 158 g/mol. The van der Waals surface area contributed by atoms with Gasteiger partial charge in [-0.2, -0.15) is 0 Å². The lowest BCUT2D eigenvalue weighted by Crippen LogP contribution is -3.16. The molecule has 0 bridgehead atoms. The summed E-state index contributed by atoms with van der Waals surface area (Å²) in [4.78, 5) is 1.16. The Morgan fingerprint density at radius 3 is 2.50 bits per heavy atom. The van der Waals surface area contributed by atoms with Crippen LogP contribution < -0.4 is 4.90 Å². The van der Waals surface area contributed by atoms with Crippen molar-refractivity contribution >= 4 is 0 Å². The molecule has 2 aliphatic rings. The van der Waals surface area contributed by atoms with Gasteiger partial charge in [-0.15, -0.1) is 0 Å². The normalized spacial score (nSPS) is 53.8. The van der Waals surface area contributed by atoms with Crippen LogP contribution in [0, 0.1) is 0 Å². The lowest BCUT2D eigenvalue weighted by molar-refractivity contribution is -0.924. The summed E-state index contributed by atoms with van der Waals surface area (Å²) in [5.41, 5.74) is 0. The largest absolute Gasteiger partial charge is 0.387 e. The van der Waals surface area contributed by atoms with Gasteiger partial charge in [0.05, 0.1) is 6.54 Å². The minimum atomic E-state index is -0.727. The predicted octanol–water partition coefficient (Wildman–Crippen LogP) is -2.87. The summed E-state index contributed by atoms with van der Waals surface area (Å²) in [5, 5.41) is 28.5. The number of hydrogen-bond donors (Lipinski definition) is 4. The summed E-state index contributed by atoms with van der Waals surface area (Å²) in [7, 11) is 0. The van der Waals surface area contributed by atoms with Crippen molar-refractivity contribution in [2.75, 3.05) is 13.1 Å². The summed E-state index contributed by atoms with van der Waals surface area (Å²) in [6, 6.07) is -0.145. The Hall–Kier alpha value is -0.160. The number of aliphatic hydroxyl groups is 3. The molecule has 2 rings (SSSR count). The summed E-state index contributed by atoms with van der Waals surface area (Å²) < 4.78 is 0. The summed E-state index contributed by atoms with van der Waals surface area (Å²) in [6.45, 7) is 1.55. The molecule has 0 aromatic heterocycles. The molecule has 5 atom stereocenters. The highest BCUT2D eigenvalue weighted by Crippen LogP contribution is 2.14. The Labute approximate surface area is 71.4 Å². The molecule has 70 valence electrons. The first kappa shape index (κ1) is 8.44. The second-order valence-corrected chi connectivity index (χ2v) is 3.91. The Bertz CT molecular complexity index is 176. The van der Waals surface area contributed by atoms with Crippen molar-refractivity contribution in [3.8, 4) is 0 Å². The van der Waals surface area contributed by atoms with Gasteiger partial charge in [0.15, 0.2) is 0 Å². The fourth-order valence-corrected chi connectivity index (χ4v) is 2.49. The highest BCUT2D eigenvalue weighted by molar-refractivity contribution is 4.87. The van der Waals surface area contributed by atoms with E-state index in [9.17, 15) is 15.3 Å². The molecule has 0 aromatic carbocycles. The lowest BCUT2D eigenvalue weighted by Gasteiger charge is -2.31. The van der Waals surface area contributed by atoms with Crippen LogP contribution in [0.4, 0.5) is 0 Å². The Balaban J connectivity index is 2.12. The molecule has 0 radical (unpaired) electrons. The molecule has 0 aliphatic carbocycles. The number of aliphatic hydroxyl groups excluding tert-OH is 3. The van der Waals surface area contributed by atoms with E-state index >= 15 is 0 Å². The van der Waals surface area contributed by atoms with Crippen molar-refractivity contribution in [2.24, 2.45) is 0 Å². The van der Waals surface area contributed by atoms with Crippen LogP contribution in [0.1, 0.15) is 12.8 Å². The van der Waals surface area contributed by atoms with Gasteiger partial charge >= 0.3 is 0 Å². The maximum absolute atomic E-state index is 9.58. The Kier molecular flexibility index (Phi) is 2.08. The average molecular weight is 174 g/mol. The van der Waals surface area contributed by atoms with Gasteiger partial charge in [-0.25, -0.2) is 0 Å². The number of rotatable bonds is 0. The number of nitrogens with one attached hydrogen (secondary N) is 1. The molecule has 2 fully saturated rings. The van der Waals surface area contributed by atoms with E-state index in [4.69, 9.17) is 0 Å².